The van der Waals surface area contributed by atoms with Crippen LogP contribution in [-0.4, -0.2) is 21.6 Å². The number of benzene rings is 1. The number of nitrogens with one attached hydrogen (secondary N) is 1. The van der Waals surface area contributed by atoms with Gasteiger partial charge in [-0.15, -0.1) is 0 Å². The highest BCUT2D eigenvalue weighted by atomic mass is 79.9. The van der Waals surface area contributed by atoms with E-state index in [1.54, 1.807) is 0 Å². The number of aromatic nitrogens is 3. The summed E-state index contributed by atoms with van der Waals surface area (Å²) < 4.78 is 7.11. The molecule has 1 aromatic carbocycles. The second-order valence-electron chi connectivity index (χ2n) is 3.78. The van der Waals surface area contributed by atoms with E-state index in [2.05, 4.69) is 52.1 Å². The molecule has 0 saturated carbocycles. The first-order chi connectivity index (χ1) is 9.60. The molecular formula is C12H11Br2ClN4O. The van der Waals surface area contributed by atoms with Crippen molar-refractivity contribution in [1.29, 1.82) is 0 Å². The summed E-state index contributed by atoms with van der Waals surface area (Å²) in [6, 6.07) is 5.93. The number of nitrogens with zero attached hydrogens (tertiary/aromatic N) is 3. The molecule has 106 valence electrons. The lowest BCUT2D eigenvalue weighted by Crippen LogP contribution is -2.05. The maximum absolute atomic E-state index is 5.87. The van der Waals surface area contributed by atoms with Crippen molar-refractivity contribution in [3.05, 3.63) is 32.4 Å². The predicted octanol–water partition coefficient (Wildman–Crippen LogP) is 4.58. The van der Waals surface area contributed by atoms with Crippen molar-refractivity contribution in [2.45, 2.75) is 13.3 Å². The molecule has 0 aliphatic carbocycles. The lowest BCUT2D eigenvalue weighted by molar-refractivity contribution is 0.292. The van der Waals surface area contributed by atoms with Crippen LogP contribution in [0.4, 0.5) is 11.6 Å². The lowest BCUT2D eigenvalue weighted by atomic mass is 10.3. The van der Waals surface area contributed by atoms with Gasteiger partial charge in [0.1, 0.15) is 0 Å². The molecule has 1 N–H and O–H groups in total. The summed E-state index contributed by atoms with van der Waals surface area (Å²) in [6.45, 7) is 2.53. The molecule has 2 rings (SSSR count). The van der Waals surface area contributed by atoms with E-state index in [-0.39, 0.29) is 11.3 Å². The Morgan fingerprint density at radius 1 is 1.20 bits per heavy atom. The van der Waals surface area contributed by atoms with Gasteiger partial charge in [0.05, 0.1) is 12.3 Å². The maximum atomic E-state index is 5.87. The van der Waals surface area contributed by atoms with Gasteiger partial charge >= 0.3 is 6.01 Å². The highest BCUT2D eigenvalue weighted by Crippen LogP contribution is 2.32. The molecule has 0 saturated heterocycles. The number of halogens is 3. The third-order valence-electron chi connectivity index (χ3n) is 2.22. The molecule has 8 heteroatoms. The van der Waals surface area contributed by atoms with E-state index in [1.807, 2.05) is 25.1 Å². The molecular weight excluding hydrogens is 411 g/mol. The first kappa shape index (κ1) is 15.5. The van der Waals surface area contributed by atoms with Gasteiger partial charge in [0, 0.05) is 8.95 Å². The van der Waals surface area contributed by atoms with Gasteiger partial charge in [-0.05, 0) is 62.0 Å². The van der Waals surface area contributed by atoms with E-state index in [9.17, 15) is 0 Å². The molecule has 0 fully saturated rings. The molecule has 2 aromatic rings. The maximum Gasteiger partial charge on any atom is 0.322 e. The fourth-order valence-electron chi connectivity index (χ4n) is 1.37. The van der Waals surface area contributed by atoms with Crippen molar-refractivity contribution in [2.24, 2.45) is 0 Å². The van der Waals surface area contributed by atoms with E-state index >= 15 is 0 Å². The van der Waals surface area contributed by atoms with Gasteiger partial charge in [-0.2, -0.15) is 15.0 Å². The number of ether oxygens (including phenoxy) is 1. The summed E-state index contributed by atoms with van der Waals surface area (Å²) in [7, 11) is 0. The first-order valence-electron chi connectivity index (χ1n) is 5.85. The average Bonchev–Trinajstić information content (AvgIpc) is 2.40. The summed E-state index contributed by atoms with van der Waals surface area (Å²) >= 11 is 12.8. The molecule has 0 spiro atoms. The van der Waals surface area contributed by atoms with Crippen molar-refractivity contribution in [1.82, 2.24) is 15.0 Å². The molecule has 0 atom stereocenters. The number of rotatable bonds is 5. The van der Waals surface area contributed by atoms with Crippen LogP contribution in [-0.2, 0) is 0 Å². The molecule has 0 aliphatic heterocycles. The number of hydrogen-bond donors (Lipinski definition) is 1. The quantitative estimate of drug-likeness (QED) is 0.764. The number of para-hydroxylation sites is 1. The lowest BCUT2D eigenvalue weighted by Gasteiger charge is -2.10. The van der Waals surface area contributed by atoms with Gasteiger partial charge < -0.3 is 10.1 Å². The van der Waals surface area contributed by atoms with Crippen LogP contribution in [0.5, 0.6) is 6.01 Å². The molecule has 5 nitrogen and oxygen atoms in total. The Morgan fingerprint density at radius 2 is 1.90 bits per heavy atom. The van der Waals surface area contributed by atoms with Crippen molar-refractivity contribution in [3.63, 3.8) is 0 Å². The van der Waals surface area contributed by atoms with Gasteiger partial charge in [0.25, 0.3) is 0 Å². The molecule has 0 bridgehead atoms. The van der Waals surface area contributed by atoms with Crippen molar-refractivity contribution in [2.75, 3.05) is 11.9 Å². The van der Waals surface area contributed by atoms with E-state index < -0.39 is 0 Å². The average molecular weight is 423 g/mol. The second kappa shape index (κ2) is 7.19. The van der Waals surface area contributed by atoms with E-state index in [0.717, 1.165) is 21.1 Å². The van der Waals surface area contributed by atoms with Crippen LogP contribution in [0, 0.1) is 0 Å². The van der Waals surface area contributed by atoms with Gasteiger partial charge in [-0.3, -0.25) is 0 Å². The van der Waals surface area contributed by atoms with E-state index in [1.165, 1.54) is 0 Å². The van der Waals surface area contributed by atoms with Crippen LogP contribution >= 0.6 is 43.5 Å². The smallest absolute Gasteiger partial charge is 0.322 e. The standard InChI is InChI=1S/C12H11Br2ClN4O/c1-2-6-20-12-18-10(15)17-11(19-12)16-9-7(13)4-3-5-8(9)14/h3-5H,2,6H2,1H3,(H,16,17,18,19). The Kier molecular flexibility index (Phi) is 5.56. The molecule has 20 heavy (non-hydrogen) atoms. The highest BCUT2D eigenvalue weighted by Gasteiger charge is 2.10. The number of hydrogen-bond acceptors (Lipinski definition) is 5. The molecule has 0 radical (unpaired) electrons. The minimum Gasteiger partial charge on any atom is -0.463 e. The first-order valence-corrected chi connectivity index (χ1v) is 7.82. The molecule has 0 aliphatic rings. The molecule has 1 heterocycles. The summed E-state index contributed by atoms with van der Waals surface area (Å²) in [5.74, 6) is 0.323. The summed E-state index contributed by atoms with van der Waals surface area (Å²) in [5, 5.41) is 3.16. The summed E-state index contributed by atoms with van der Waals surface area (Å²) in [5.41, 5.74) is 0.802. The van der Waals surface area contributed by atoms with E-state index in [4.69, 9.17) is 16.3 Å². The van der Waals surface area contributed by atoms with Crippen LogP contribution in [0.1, 0.15) is 13.3 Å². The third-order valence-corrected chi connectivity index (χ3v) is 3.71. The molecule has 0 amide bonds. The van der Waals surface area contributed by atoms with Crippen LogP contribution in [0.15, 0.2) is 27.1 Å². The van der Waals surface area contributed by atoms with Crippen LogP contribution < -0.4 is 10.1 Å². The Bertz CT molecular complexity index is 592. The summed E-state index contributed by atoms with van der Waals surface area (Å²) in [4.78, 5) is 12.1. The number of anilines is 2. The Balaban J connectivity index is 2.27. The van der Waals surface area contributed by atoms with Gasteiger partial charge in [-0.25, -0.2) is 0 Å². The Hall–Kier alpha value is -0.920. The fourth-order valence-corrected chi connectivity index (χ4v) is 2.72. The normalized spacial score (nSPS) is 10.4. The van der Waals surface area contributed by atoms with Gasteiger partial charge in [0.2, 0.25) is 11.2 Å². The van der Waals surface area contributed by atoms with Crippen LogP contribution in [0.2, 0.25) is 5.28 Å². The second-order valence-corrected chi connectivity index (χ2v) is 5.83. The molecule has 1 aromatic heterocycles. The summed E-state index contributed by atoms with van der Waals surface area (Å²) in [6.07, 6.45) is 0.863. The Morgan fingerprint density at radius 3 is 2.55 bits per heavy atom. The van der Waals surface area contributed by atoms with Crippen molar-refractivity contribution >= 4 is 55.1 Å². The third kappa shape index (κ3) is 4.04. The monoisotopic (exact) mass is 420 g/mol. The predicted molar refractivity (Wildman–Crippen MR) is 85.7 cm³/mol. The van der Waals surface area contributed by atoms with E-state index in [0.29, 0.717) is 12.6 Å². The largest absolute Gasteiger partial charge is 0.463 e. The van der Waals surface area contributed by atoms with Crippen LogP contribution in [0.3, 0.4) is 0 Å². The Labute approximate surface area is 138 Å². The zero-order valence-electron chi connectivity index (χ0n) is 10.5. The fraction of sp³-hybridized carbons (Fsp3) is 0.250. The van der Waals surface area contributed by atoms with Crippen molar-refractivity contribution < 1.29 is 4.74 Å². The zero-order valence-corrected chi connectivity index (χ0v) is 14.5. The van der Waals surface area contributed by atoms with Gasteiger partial charge in [-0.1, -0.05) is 13.0 Å². The zero-order chi connectivity index (χ0) is 14.5. The van der Waals surface area contributed by atoms with Crippen molar-refractivity contribution in [3.8, 4) is 6.01 Å². The molecule has 0 unspecified atom stereocenters. The topological polar surface area (TPSA) is 59.9 Å². The minimum atomic E-state index is 0.0804. The SMILES string of the molecule is CCCOc1nc(Cl)nc(Nc2c(Br)cccc2Br)n1. The highest BCUT2D eigenvalue weighted by molar-refractivity contribution is 9.11. The van der Waals surface area contributed by atoms with Gasteiger partial charge in [0.15, 0.2) is 0 Å². The van der Waals surface area contributed by atoms with Crippen LogP contribution in [0.25, 0.3) is 0 Å². The minimum absolute atomic E-state index is 0.0804.